The van der Waals surface area contributed by atoms with Crippen molar-refractivity contribution < 1.29 is 28.2 Å². The third-order valence-electron chi connectivity index (χ3n) is 8.34. The Balaban J connectivity index is 1.59. The Hall–Kier alpha value is -4.47. The van der Waals surface area contributed by atoms with Crippen molar-refractivity contribution in [3.63, 3.8) is 0 Å². The minimum Gasteiger partial charge on any atom is -0.460 e. The van der Waals surface area contributed by atoms with Crippen LogP contribution in [-0.4, -0.2) is 40.0 Å². The van der Waals surface area contributed by atoms with Crippen LogP contribution in [0.3, 0.4) is 0 Å². The molecule has 1 fully saturated rings. The number of hydrogen-bond donors (Lipinski definition) is 2. The van der Waals surface area contributed by atoms with E-state index in [0.717, 1.165) is 28.1 Å². The molecule has 0 radical (unpaired) electrons. The van der Waals surface area contributed by atoms with Crippen LogP contribution < -0.4 is 11.1 Å². The van der Waals surface area contributed by atoms with Gasteiger partial charge in [-0.25, -0.2) is 4.39 Å². The summed E-state index contributed by atoms with van der Waals surface area (Å²) in [5.74, 6) is -1.88. The summed E-state index contributed by atoms with van der Waals surface area (Å²) in [6, 6.07) is 23.2. The van der Waals surface area contributed by atoms with Gasteiger partial charge >= 0.3 is 5.97 Å². The maximum absolute atomic E-state index is 14.4. The third kappa shape index (κ3) is 8.96. The van der Waals surface area contributed by atoms with Crippen molar-refractivity contribution in [2.75, 3.05) is 11.1 Å². The lowest BCUT2D eigenvalue weighted by molar-refractivity contribution is -0.301. The predicted molar refractivity (Wildman–Crippen MR) is 192 cm³/mol. The molecule has 8 nitrogen and oxygen atoms in total. The number of ether oxygens (including phenoxy) is 3. The van der Waals surface area contributed by atoms with E-state index in [1.165, 1.54) is 12.1 Å². The molecule has 0 bridgehead atoms. The average Bonchev–Trinajstić information content (AvgIpc) is 3.36. The van der Waals surface area contributed by atoms with Gasteiger partial charge < -0.3 is 29.8 Å². The van der Waals surface area contributed by atoms with E-state index in [2.05, 4.69) is 23.7 Å². The lowest BCUT2D eigenvalue weighted by Gasteiger charge is -2.41. The SMILES string of the molecule is CC(C)c1c(C(=O)Nc2ccc(N)cc2)c(-c2ccccc2)c(-c2ccc(F)cc2)n1CC[C@@H]1C[C@H](CC(=O)OC(C)(C)C)OC(C)(C)O1. The van der Waals surface area contributed by atoms with Crippen LogP contribution in [0.5, 0.6) is 0 Å². The zero-order chi connectivity index (χ0) is 35.5. The minimum absolute atomic E-state index is 0.0595. The number of anilines is 2. The molecule has 1 amide bonds. The monoisotopic (exact) mass is 669 g/mol. The van der Waals surface area contributed by atoms with E-state index in [1.807, 2.05) is 65.0 Å². The van der Waals surface area contributed by atoms with Gasteiger partial charge in [-0.05, 0) is 107 Å². The first-order chi connectivity index (χ1) is 23.1. The van der Waals surface area contributed by atoms with E-state index >= 15 is 0 Å². The largest absolute Gasteiger partial charge is 0.460 e. The molecule has 0 aliphatic carbocycles. The summed E-state index contributed by atoms with van der Waals surface area (Å²) in [4.78, 5) is 27.1. The van der Waals surface area contributed by atoms with Crippen LogP contribution in [0.2, 0.25) is 0 Å². The summed E-state index contributed by atoms with van der Waals surface area (Å²) < 4.78 is 34.6. The van der Waals surface area contributed by atoms with Crippen molar-refractivity contribution >= 4 is 23.3 Å². The van der Waals surface area contributed by atoms with Crippen LogP contribution in [0, 0.1) is 5.82 Å². The molecule has 1 aromatic heterocycles. The number of amides is 1. The molecule has 3 aromatic carbocycles. The highest BCUT2D eigenvalue weighted by Gasteiger charge is 2.38. The summed E-state index contributed by atoms with van der Waals surface area (Å²) >= 11 is 0. The number of nitrogens with zero attached hydrogens (tertiary/aromatic N) is 1. The van der Waals surface area contributed by atoms with Crippen LogP contribution in [-0.2, 0) is 25.5 Å². The van der Waals surface area contributed by atoms with Crippen molar-refractivity contribution in [2.45, 2.75) is 104 Å². The molecule has 2 atom stereocenters. The standard InChI is InChI=1S/C40H48FN3O5/c1-25(2)36-35(38(46)43-30-19-17-29(42)18-20-30)34(26-11-9-8-10-12-26)37(27-13-15-28(41)16-14-27)44(36)22-21-31-23-32(48-40(6,7)47-31)24-33(45)49-39(3,4)5/h8-20,25,31-32H,21-24,42H2,1-7H3,(H,43,46)/t31-,32-/m1/s1. The molecule has 3 N–H and O–H groups in total. The molecule has 0 saturated carbocycles. The van der Waals surface area contributed by atoms with Crippen LogP contribution in [0.25, 0.3) is 22.4 Å². The van der Waals surface area contributed by atoms with Gasteiger partial charge in [0.05, 0.1) is 29.9 Å². The highest BCUT2D eigenvalue weighted by Crippen LogP contribution is 2.43. The van der Waals surface area contributed by atoms with E-state index in [0.29, 0.717) is 36.3 Å². The fourth-order valence-corrected chi connectivity index (χ4v) is 6.62. The molecule has 2 heterocycles. The van der Waals surface area contributed by atoms with Gasteiger partial charge in [0.1, 0.15) is 11.4 Å². The first-order valence-electron chi connectivity index (χ1n) is 16.9. The molecule has 9 heteroatoms. The number of nitrogens with two attached hydrogens (primary N) is 1. The lowest BCUT2D eigenvalue weighted by Crippen LogP contribution is -2.46. The summed E-state index contributed by atoms with van der Waals surface area (Å²) in [5.41, 5.74) is 11.2. The van der Waals surface area contributed by atoms with Gasteiger partial charge in [-0.2, -0.15) is 0 Å². The van der Waals surface area contributed by atoms with Crippen LogP contribution in [0.15, 0.2) is 78.9 Å². The summed E-state index contributed by atoms with van der Waals surface area (Å²) in [6.07, 6.45) is 0.578. The average molecular weight is 670 g/mol. The van der Waals surface area contributed by atoms with Gasteiger partial charge in [-0.3, -0.25) is 9.59 Å². The zero-order valence-electron chi connectivity index (χ0n) is 29.5. The highest BCUT2D eigenvalue weighted by atomic mass is 19.1. The van der Waals surface area contributed by atoms with E-state index < -0.39 is 11.4 Å². The highest BCUT2D eigenvalue weighted by molar-refractivity contribution is 6.12. The molecule has 1 aliphatic heterocycles. The zero-order valence-corrected chi connectivity index (χ0v) is 29.5. The quantitative estimate of drug-likeness (QED) is 0.129. The van der Waals surface area contributed by atoms with Gasteiger partial charge in [0.25, 0.3) is 5.91 Å². The van der Waals surface area contributed by atoms with Crippen LogP contribution >= 0.6 is 0 Å². The second kappa shape index (κ2) is 14.6. The predicted octanol–water partition coefficient (Wildman–Crippen LogP) is 8.95. The van der Waals surface area contributed by atoms with Gasteiger partial charge in [0.2, 0.25) is 0 Å². The fourth-order valence-electron chi connectivity index (χ4n) is 6.62. The molecule has 49 heavy (non-hydrogen) atoms. The molecule has 0 spiro atoms. The minimum atomic E-state index is -0.910. The summed E-state index contributed by atoms with van der Waals surface area (Å²) in [7, 11) is 0. The third-order valence-corrected chi connectivity index (χ3v) is 8.34. The maximum atomic E-state index is 14.4. The number of nitrogens with one attached hydrogen (secondary N) is 1. The summed E-state index contributed by atoms with van der Waals surface area (Å²) in [5, 5.41) is 3.10. The molecule has 5 rings (SSSR count). The Morgan fingerprint density at radius 2 is 1.59 bits per heavy atom. The van der Waals surface area contributed by atoms with Gasteiger partial charge in [0.15, 0.2) is 5.79 Å². The molecule has 1 aliphatic rings. The van der Waals surface area contributed by atoms with Crippen molar-refractivity contribution in [3.05, 3.63) is 95.9 Å². The number of hydrogen-bond acceptors (Lipinski definition) is 6. The Morgan fingerprint density at radius 3 is 2.20 bits per heavy atom. The molecule has 1 saturated heterocycles. The van der Waals surface area contributed by atoms with E-state index in [9.17, 15) is 14.0 Å². The normalized spacial score (nSPS) is 17.6. The second-order valence-corrected chi connectivity index (χ2v) is 14.4. The lowest BCUT2D eigenvalue weighted by atomic mass is 9.94. The second-order valence-electron chi connectivity index (χ2n) is 14.4. The van der Waals surface area contributed by atoms with Gasteiger partial charge in [-0.15, -0.1) is 0 Å². The van der Waals surface area contributed by atoms with E-state index in [1.54, 1.807) is 36.4 Å². The van der Waals surface area contributed by atoms with Crippen LogP contribution in [0.1, 0.15) is 89.7 Å². The first-order valence-corrected chi connectivity index (χ1v) is 16.9. The van der Waals surface area contributed by atoms with Crippen molar-refractivity contribution in [3.8, 4) is 22.4 Å². The Morgan fingerprint density at radius 1 is 0.959 bits per heavy atom. The molecule has 260 valence electrons. The number of nitrogen functional groups attached to an aromatic ring is 1. The smallest absolute Gasteiger partial charge is 0.308 e. The number of rotatable bonds is 10. The van der Waals surface area contributed by atoms with Crippen LogP contribution in [0.4, 0.5) is 15.8 Å². The van der Waals surface area contributed by atoms with Crippen molar-refractivity contribution in [1.29, 1.82) is 0 Å². The number of halogens is 1. The molecular formula is C40H48FN3O5. The topological polar surface area (TPSA) is 105 Å². The van der Waals surface area contributed by atoms with Gasteiger partial charge in [0, 0.05) is 35.6 Å². The Kier molecular flexibility index (Phi) is 10.6. The maximum Gasteiger partial charge on any atom is 0.308 e. The molecular weight excluding hydrogens is 621 g/mol. The van der Waals surface area contributed by atoms with Crippen molar-refractivity contribution in [2.24, 2.45) is 0 Å². The number of benzene rings is 3. The van der Waals surface area contributed by atoms with E-state index in [4.69, 9.17) is 19.9 Å². The summed E-state index contributed by atoms with van der Waals surface area (Å²) in [6.45, 7) is 13.9. The van der Waals surface area contributed by atoms with Gasteiger partial charge in [-0.1, -0.05) is 44.2 Å². The number of carbonyl (C=O) groups is 2. The Bertz CT molecular complexity index is 1760. The fraction of sp³-hybridized carbons (Fsp3) is 0.400. The van der Waals surface area contributed by atoms with Crippen molar-refractivity contribution in [1.82, 2.24) is 4.57 Å². The molecule has 0 unspecified atom stereocenters. The first kappa shape index (κ1) is 35.8. The molecule has 4 aromatic rings. The van der Waals surface area contributed by atoms with E-state index in [-0.39, 0.29) is 42.2 Å². The Labute approximate surface area is 288 Å². The number of esters is 1. The number of aromatic nitrogens is 1. The number of carbonyl (C=O) groups excluding carboxylic acids is 2.